The molecule has 6 heteroatoms. The van der Waals surface area contributed by atoms with Gasteiger partial charge in [0.1, 0.15) is 6.07 Å². The average Bonchev–Trinajstić information content (AvgIpc) is 2.32. The van der Waals surface area contributed by atoms with Crippen molar-refractivity contribution in [2.45, 2.75) is 39.5 Å². The van der Waals surface area contributed by atoms with E-state index in [-0.39, 0.29) is 17.5 Å². The lowest BCUT2D eigenvalue weighted by Crippen LogP contribution is -2.25. The van der Waals surface area contributed by atoms with Crippen LogP contribution in [0.1, 0.15) is 38.3 Å². The number of aliphatic hydroxyl groups is 1. The van der Waals surface area contributed by atoms with Gasteiger partial charge in [-0.1, -0.05) is 20.8 Å². The van der Waals surface area contributed by atoms with Crippen molar-refractivity contribution in [2.24, 2.45) is 5.41 Å². The number of anilines is 1. The Labute approximate surface area is 122 Å². The first-order chi connectivity index (χ1) is 9.53. The van der Waals surface area contributed by atoms with Crippen LogP contribution in [0, 0.1) is 16.7 Å². The number of alkyl halides is 3. The number of nitrogens with zero attached hydrogens (tertiary/aromatic N) is 1. The highest BCUT2D eigenvalue weighted by Gasteiger charge is 2.31. The van der Waals surface area contributed by atoms with Crippen LogP contribution in [0.2, 0.25) is 0 Å². The van der Waals surface area contributed by atoms with E-state index in [1.807, 2.05) is 20.8 Å². The topological polar surface area (TPSA) is 56.0 Å². The van der Waals surface area contributed by atoms with Gasteiger partial charge in [0.15, 0.2) is 0 Å². The number of hydrogen-bond donors (Lipinski definition) is 2. The lowest BCUT2D eigenvalue weighted by Gasteiger charge is -2.23. The summed E-state index contributed by atoms with van der Waals surface area (Å²) in [5, 5.41) is 21.6. The molecule has 0 fully saturated rings. The second-order valence-corrected chi connectivity index (χ2v) is 6.17. The summed E-state index contributed by atoms with van der Waals surface area (Å²) in [5.74, 6) is 0. The molecule has 1 aromatic rings. The van der Waals surface area contributed by atoms with E-state index < -0.39 is 17.8 Å². The molecule has 1 atom stereocenters. The van der Waals surface area contributed by atoms with Crippen LogP contribution in [0.4, 0.5) is 18.9 Å². The second-order valence-electron chi connectivity index (χ2n) is 6.17. The number of halogens is 3. The number of hydrogen-bond acceptors (Lipinski definition) is 3. The van der Waals surface area contributed by atoms with Gasteiger partial charge in [0, 0.05) is 6.54 Å². The quantitative estimate of drug-likeness (QED) is 0.889. The number of nitrogens with one attached hydrogen (secondary N) is 1. The number of rotatable bonds is 4. The van der Waals surface area contributed by atoms with Gasteiger partial charge in [0.05, 0.1) is 22.9 Å². The predicted molar refractivity (Wildman–Crippen MR) is 74.7 cm³/mol. The SMILES string of the molecule is CC(C)(C)CC(O)CNc1ccc(C(F)(F)F)cc1C#N. The van der Waals surface area contributed by atoms with Crippen molar-refractivity contribution >= 4 is 5.69 Å². The van der Waals surface area contributed by atoms with E-state index in [1.54, 1.807) is 6.07 Å². The molecule has 3 nitrogen and oxygen atoms in total. The maximum Gasteiger partial charge on any atom is 0.416 e. The molecule has 0 aliphatic heterocycles. The maximum absolute atomic E-state index is 12.6. The molecule has 0 aromatic heterocycles. The molecule has 0 amide bonds. The summed E-state index contributed by atoms with van der Waals surface area (Å²) in [6.45, 7) is 6.12. The molecule has 0 aliphatic carbocycles. The molecule has 0 saturated heterocycles. The Balaban J connectivity index is 2.79. The Hall–Kier alpha value is -1.74. The van der Waals surface area contributed by atoms with E-state index in [2.05, 4.69) is 5.32 Å². The molecule has 0 bridgehead atoms. The average molecular weight is 300 g/mol. The van der Waals surface area contributed by atoms with Crippen molar-refractivity contribution in [2.75, 3.05) is 11.9 Å². The minimum absolute atomic E-state index is 0.0563. The van der Waals surface area contributed by atoms with Gasteiger partial charge in [-0.3, -0.25) is 0 Å². The third-order valence-corrected chi connectivity index (χ3v) is 2.84. The Bertz CT molecular complexity index is 527. The predicted octanol–water partition coefficient (Wildman–Crippen LogP) is 3.79. The van der Waals surface area contributed by atoms with Crippen LogP contribution in [0.15, 0.2) is 18.2 Å². The standard InChI is InChI=1S/C15H19F3N2O/c1-14(2,3)7-12(21)9-20-13-5-4-11(15(16,17)18)6-10(13)8-19/h4-6,12,20-21H,7,9H2,1-3H3. The zero-order valence-electron chi connectivity index (χ0n) is 12.3. The van der Waals surface area contributed by atoms with Crippen molar-refractivity contribution in [3.63, 3.8) is 0 Å². The summed E-state index contributed by atoms with van der Waals surface area (Å²) in [7, 11) is 0. The van der Waals surface area contributed by atoms with E-state index in [0.29, 0.717) is 12.1 Å². The van der Waals surface area contributed by atoms with Gasteiger partial charge in [-0.2, -0.15) is 18.4 Å². The van der Waals surface area contributed by atoms with Crippen LogP contribution in [-0.2, 0) is 6.18 Å². The molecule has 0 aliphatic rings. The van der Waals surface area contributed by atoms with E-state index in [9.17, 15) is 18.3 Å². The summed E-state index contributed by atoms with van der Waals surface area (Å²) in [6, 6.07) is 4.67. The molecule has 0 radical (unpaired) electrons. The van der Waals surface area contributed by atoms with Crippen LogP contribution in [0.5, 0.6) is 0 Å². The first kappa shape index (κ1) is 17.3. The maximum atomic E-state index is 12.6. The van der Waals surface area contributed by atoms with E-state index >= 15 is 0 Å². The van der Waals surface area contributed by atoms with Crippen LogP contribution in [0.25, 0.3) is 0 Å². The van der Waals surface area contributed by atoms with Crippen molar-refractivity contribution in [3.8, 4) is 6.07 Å². The van der Waals surface area contributed by atoms with Crippen LogP contribution >= 0.6 is 0 Å². The van der Waals surface area contributed by atoms with Gasteiger partial charge < -0.3 is 10.4 Å². The molecule has 0 heterocycles. The molecule has 1 unspecified atom stereocenters. The van der Waals surface area contributed by atoms with Gasteiger partial charge in [0.25, 0.3) is 0 Å². The van der Waals surface area contributed by atoms with Gasteiger partial charge in [-0.05, 0) is 30.0 Å². The third-order valence-electron chi connectivity index (χ3n) is 2.84. The summed E-state index contributed by atoms with van der Waals surface area (Å²) >= 11 is 0. The second kappa shape index (κ2) is 6.35. The molecule has 2 N–H and O–H groups in total. The molecular weight excluding hydrogens is 281 g/mol. The summed E-state index contributed by atoms with van der Waals surface area (Å²) in [4.78, 5) is 0. The Morgan fingerprint density at radius 3 is 2.38 bits per heavy atom. The zero-order chi connectivity index (χ0) is 16.3. The van der Waals surface area contributed by atoms with E-state index in [1.165, 1.54) is 6.07 Å². The van der Waals surface area contributed by atoms with Gasteiger partial charge in [-0.25, -0.2) is 0 Å². The highest BCUT2D eigenvalue weighted by molar-refractivity contribution is 5.59. The Morgan fingerprint density at radius 1 is 1.29 bits per heavy atom. The first-order valence-corrected chi connectivity index (χ1v) is 6.56. The largest absolute Gasteiger partial charge is 0.416 e. The molecular formula is C15H19F3N2O. The molecule has 21 heavy (non-hydrogen) atoms. The third kappa shape index (κ3) is 5.64. The van der Waals surface area contributed by atoms with Crippen LogP contribution in [-0.4, -0.2) is 17.8 Å². The van der Waals surface area contributed by atoms with Crippen molar-refractivity contribution in [1.29, 1.82) is 5.26 Å². The molecule has 0 saturated carbocycles. The normalized spacial score (nSPS) is 13.6. The molecule has 116 valence electrons. The summed E-state index contributed by atoms with van der Waals surface area (Å²) in [5.41, 5.74) is -0.717. The highest BCUT2D eigenvalue weighted by atomic mass is 19.4. The van der Waals surface area contributed by atoms with Gasteiger partial charge in [-0.15, -0.1) is 0 Å². The first-order valence-electron chi connectivity index (χ1n) is 6.56. The molecule has 1 rings (SSSR count). The van der Waals surface area contributed by atoms with Crippen molar-refractivity contribution in [1.82, 2.24) is 0 Å². The van der Waals surface area contributed by atoms with Gasteiger partial charge >= 0.3 is 6.18 Å². The van der Waals surface area contributed by atoms with Crippen molar-refractivity contribution in [3.05, 3.63) is 29.3 Å². The smallest absolute Gasteiger partial charge is 0.391 e. The van der Waals surface area contributed by atoms with E-state index in [4.69, 9.17) is 5.26 Å². The summed E-state index contributed by atoms with van der Waals surface area (Å²) in [6.07, 6.45) is -4.57. The monoisotopic (exact) mass is 300 g/mol. The molecule has 1 aromatic carbocycles. The fraction of sp³-hybridized carbons (Fsp3) is 0.533. The molecule has 0 spiro atoms. The van der Waals surface area contributed by atoms with Crippen LogP contribution in [0.3, 0.4) is 0 Å². The minimum Gasteiger partial charge on any atom is -0.391 e. The zero-order valence-corrected chi connectivity index (χ0v) is 12.3. The highest BCUT2D eigenvalue weighted by Crippen LogP contribution is 2.31. The van der Waals surface area contributed by atoms with Crippen LogP contribution < -0.4 is 5.32 Å². The number of nitriles is 1. The lowest BCUT2D eigenvalue weighted by molar-refractivity contribution is -0.137. The fourth-order valence-corrected chi connectivity index (χ4v) is 1.97. The summed E-state index contributed by atoms with van der Waals surface area (Å²) < 4.78 is 37.7. The van der Waals surface area contributed by atoms with E-state index in [0.717, 1.165) is 12.1 Å². The number of aliphatic hydroxyl groups excluding tert-OH is 1. The van der Waals surface area contributed by atoms with Crippen molar-refractivity contribution < 1.29 is 18.3 Å². The van der Waals surface area contributed by atoms with Gasteiger partial charge in [0.2, 0.25) is 0 Å². The lowest BCUT2D eigenvalue weighted by atomic mass is 9.89. The Morgan fingerprint density at radius 2 is 1.90 bits per heavy atom. The minimum atomic E-state index is -4.48. The number of benzene rings is 1. The Kier molecular flexibility index (Phi) is 5.24. The fourth-order valence-electron chi connectivity index (χ4n) is 1.97.